The number of piperazine rings is 1. The van der Waals surface area contributed by atoms with Crippen molar-refractivity contribution in [3.8, 4) is 0 Å². The van der Waals surface area contributed by atoms with Crippen LogP contribution in [0.4, 0.5) is 15.8 Å². The van der Waals surface area contributed by atoms with E-state index in [1.165, 1.54) is 12.1 Å². The van der Waals surface area contributed by atoms with Gasteiger partial charge in [-0.1, -0.05) is 35.3 Å². The van der Waals surface area contributed by atoms with E-state index in [-0.39, 0.29) is 24.1 Å². The van der Waals surface area contributed by atoms with Crippen LogP contribution in [0.25, 0.3) is 0 Å². The Kier molecular flexibility index (Phi) is 6.94. The molecular weight excluding hydrogens is 566 g/mol. The quantitative estimate of drug-likeness (QED) is 0.428. The molecule has 0 aromatic heterocycles. The van der Waals surface area contributed by atoms with Gasteiger partial charge in [0.25, 0.3) is 0 Å². The number of carbonyl (C=O) groups is 3. The first kappa shape index (κ1) is 27.5. The Morgan fingerprint density at radius 3 is 2.39 bits per heavy atom. The molecule has 3 amide bonds. The van der Waals surface area contributed by atoms with Gasteiger partial charge in [0, 0.05) is 66.9 Å². The van der Waals surface area contributed by atoms with Crippen LogP contribution in [0.2, 0.25) is 10.0 Å². The summed E-state index contributed by atoms with van der Waals surface area (Å²) in [7, 11) is 0. The smallest absolute Gasteiger partial charge is 0.238 e. The number of halogens is 3. The lowest BCUT2D eigenvalue weighted by Crippen LogP contribution is -2.57. The molecular formula is C31H29Cl2FN4O3. The summed E-state index contributed by atoms with van der Waals surface area (Å²) in [5.74, 6) is -1.64. The van der Waals surface area contributed by atoms with Gasteiger partial charge >= 0.3 is 0 Å². The van der Waals surface area contributed by atoms with Crippen LogP contribution >= 0.6 is 23.2 Å². The minimum Gasteiger partial charge on any atom is -0.368 e. The monoisotopic (exact) mass is 594 g/mol. The lowest BCUT2D eigenvalue weighted by Gasteiger charge is -2.48. The molecule has 1 unspecified atom stereocenters. The highest BCUT2D eigenvalue weighted by Gasteiger charge is 2.61. The molecule has 7 nitrogen and oxygen atoms in total. The largest absolute Gasteiger partial charge is 0.368 e. The lowest BCUT2D eigenvalue weighted by atomic mass is 9.58. The van der Waals surface area contributed by atoms with Crippen molar-refractivity contribution in [3.05, 3.63) is 92.7 Å². The second kappa shape index (κ2) is 10.3. The first-order valence-electron chi connectivity index (χ1n) is 13.6. The molecule has 0 aliphatic carbocycles. The van der Waals surface area contributed by atoms with Gasteiger partial charge in [0.1, 0.15) is 11.2 Å². The number of benzene rings is 3. The van der Waals surface area contributed by atoms with Crippen molar-refractivity contribution in [2.45, 2.75) is 37.6 Å². The molecule has 2 saturated heterocycles. The van der Waals surface area contributed by atoms with Crippen molar-refractivity contribution >= 4 is 52.3 Å². The highest BCUT2D eigenvalue weighted by Crippen LogP contribution is 2.59. The summed E-state index contributed by atoms with van der Waals surface area (Å²) in [6, 6.07) is 14.3. The van der Waals surface area contributed by atoms with Gasteiger partial charge in [-0.05, 0) is 71.6 Å². The third-order valence-corrected chi connectivity index (χ3v) is 9.20. The summed E-state index contributed by atoms with van der Waals surface area (Å²) in [6.07, 6.45) is 0.0150. The first-order valence-corrected chi connectivity index (χ1v) is 14.3. The average Bonchev–Trinajstić information content (AvgIpc) is 3.22. The Morgan fingerprint density at radius 1 is 0.951 bits per heavy atom. The second-order valence-corrected chi connectivity index (χ2v) is 11.8. The molecule has 6 rings (SSSR count). The zero-order valence-corrected chi connectivity index (χ0v) is 24.2. The SMILES string of the molecule is CC(=O)N1CCN(c2ccc(Cl)cc2[C@H]2CC(=O)N[C@@H](c3cc(F)ccc3C)C23C(=O)Nc2cc(Cl)ccc23)CC1. The van der Waals surface area contributed by atoms with Gasteiger partial charge in [-0.3, -0.25) is 14.4 Å². The number of aryl methyl sites for hydroxylation is 1. The van der Waals surface area contributed by atoms with Gasteiger partial charge in [0.15, 0.2) is 0 Å². The van der Waals surface area contributed by atoms with E-state index in [1.54, 1.807) is 36.1 Å². The molecule has 2 N–H and O–H groups in total. The standard InChI is InChI=1S/C31H29Cl2FN4O3/c1-17-3-6-21(34)15-22(17)29-31(24-7-4-20(33)14-26(24)35-30(31)41)25(16-28(40)36-29)23-13-19(32)5-8-27(23)38-11-9-37(10-12-38)18(2)39/h3-8,13-15,25,29H,9-12,16H2,1-2H3,(H,35,41)(H,36,40)/t25-,29+,31?/m1/s1. The summed E-state index contributed by atoms with van der Waals surface area (Å²) in [5, 5.41) is 7.01. The molecule has 3 atom stereocenters. The molecule has 2 fully saturated rings. The number of hydrogen-bond acceptors (Lipinski definition) is 4. The van der Waals surface area contributed by atoms with E-state index >= 15 is 0 Å². The van der Waals surface area contributed by atoms with Crippen LogP contribution in [0, 0.1) is 12.7 Å². The predicted molar refractivity (Wildman–Crippen MR) is 157 cm³/mol. The number of amides is 3. The third-order valence-electron chi connectivity index (χ3n) is 8.73. The maximum Gasteiger partial charge on any atom is 0.238 e. The zero-order chi connectivity index (χ0) is 29.1. The van der Waals surface area contributed by atoms with Crippen molar-refractivity contribution < 1.29 is 18.8 Å². The molecule has 3 aliphatic rings. The molecule has 0 bridgehead atoms. The van der Waals surface area contributed by atoms with Crippen molar-refractivity contribution in [1.82, 2.24) is 10.2 Å². The van der Waals surface area contributed by atoms with Gasteiger partial charge in [-0.25, -0.2) is 4.39 Å². The van der Waals surface area contributed by atoms with Gasteiger partial charge in [-0.2, -0.15) is 0 Å². The van der Waals surface area contributed by atoms with E-state index in [9.17, 15) is 18.8 Å². The number of nitrogens with zero attached hydrogens (tertiary/aromatic N) is 2. The molecule has 3 aromatic rings. The van der Waals surface area contributed by atoms with E-state index in [1.807, 2.05) is 25.1 Å². The van der Waals surface area contributed by atoms with E-state index in [4.69, 9.17) is 23.2 Å². The van der Waals surface area contributed by atoms with Gasteiger partial charge in [-0.15, -0.1) is 0 Å². The van der Waals surface area contributed by atoms with Crippen LogP contribution in [0.5, 0.6) is 0 Å². The van der Waals surface area contributed by atoms with Gasteiger partial charge < -0.3 is 20.4 Å². The Bertz CT molecular complexity index is 1590. The van der Waals surface area contributed by atoms with E-state index in [2.05, 4.69) is 15.5 Å². The maximum atomic E-state index is 14.7. The summed E-state index contributed by atoms with van der Waals surface area (Å²) >= 11 is 12.9. The molecule has 3 aromatic carbocycles. The predicted octanol–water partition coefficient (Wildman–Crippen LogP) is 5.34. The Morgan fingerprint density at radius 2 is 1.66 bits per heavy atom. The second-order valence-electron chi connectivity index (χ2n) is 11.0. The normalized spacial score (nSPS) is 23.8. The summed E-state index contributed by atoms with van der Waals surface area (Å²) in [6.45, 7) is 5.69. The van der Waals surface area contributed by atoms with Crippen LogP contribution in [0.15, 0.2) is 54.6 Å². The lowest BCUT2D eigenvalue weighted by molar-refractivity contribution is -0.131. The molecule has 41 heavy (non-hydrogen) atoms. The Balaban J connectivity index is 1.58. The van der Waals surface area contributed by atoms with Crippen molar-refractivity contribution in [1.29, 1.82) is 0 Å². The van der Waals surface area contributed by atoms with E-state index in [0.29, 0.717) is 53.0 Å². The zero-order valence-electron chi connectivity index (χ0n) is 22.6. The maximum absolute atomic E-state index is 14.7. The van der Waals surface area contributed by atoms with Crippen molar-refractivity contribution in [2.75, 3.05) is 36.4 Å². The van der Waals surface area contributed by atoms with Gasteiger partial charge in [0.05, 0.1) is 6.04 Å². The van der Waals surface area contributed by atoms with E-state index in [0.717, 1.165) is 16.8 Å². The number of anilines is 2. The minimum atomic E-state index is -1.33. The molecule has 10 heteroatoms. The molecule has 3 heterocycles. The number of hydrogen-bond donors (Lipinski definition) is 2. The van der Waals surface area contributed by atoms with Crippen LogP contribution in [0.1, 0.15) is 47.6 Å². The number of rotatable bonds is 3. The fourth-order valence-electron chi connectivity index (χ4n) is 6.80. The van der Waals surface area contributed by atoms with E-state index < -0.39 is 23.2 Å². The highest BCUT2D eigenvalue weighted by molar-refractivity contribution is 6.31. The van der Waals surface area contributed by atoms with Gasteiger partial charge in [0.2, 0.25) is 17.7 Å². The number of carbonyl (C=O) groups excluding carboxylic acids is 3. The van der Waals surface area contributed by atoms with Crippen LogP contribution in [0.3, 0.4) is 0 Å². The number of nitrogens with one attached hydrogen (secondary N) is 2. The van der Waals surface area contributed by atoms with Crippen LogP contribution in [-0.4, -0.2) is 48.8 Å². The Hall–Kier alpha value is -3.62. The fourth-order valence-corrected chi connectivity index (χ4v) is 7.15. The summed E-state index contributed by atoms with van der Waals surface area (Å²) < 4.78 is 14.7. The summed E-state index contributed by atoms with van der Waals surface area (Å²) in [5.41, 5.74) is 2.78. The number of piperidine rings is 1. The van der Waals surface area contributed by atoms with Crippen LogP contribution in [-0.2, 0) is 19.8 Å². The minimum absolute atomic E-state index is 0.0150. The third kappa shape index (κ3) is 4.53. The number of fused-ring (bicyclic) bond motifs is 2. The Labute approximate surface area is 247 Å². The molecule has 0 radical (unpaired) electrons. The molecule has 212 valence electrons. The molecule has 1 spiro atoms. The molecule has 0 saturated carbocycles. The topological polar surface area (TPSA) is 81.8 Å². The average molecular weight is 596 g/mol. The molecule has 3 aliphatic heterocycles. The fraction of sp³-hybridized carbons (Fsp3) is 0.323. The van der Waals surface area contributed by atoms with Crippen molar-refractivity contribution in [3.63, 3.8) is 0 Å². The highest BCUT2D eigenvalue weighted by atomic mass is 35.5. The van der Waals surface area contributed by atoms with Crippen LogP contribution < -0.4 is 15.5 Å². The summed E-state index contributed by atoms with van der Waals surface area (Å²) in [4.78, 5) is 43.8. The first-order chi connectivity index (χ1) is 19.6. The van der Waals surface area contributed by atoms with Crippen molar-refractivity contribution in [2.24, 2.45) is 0 Å².